The standard InChI is InChI=1S/C20H18F3N3O4S/c1-3-13-5-6-14(19(27)30-2)11-18(13)31(28,29)25-16-12-15(20(21,22)23)7-8-17(16)26-10-4-9-24-26/h4-12,25H,3H2,1-2H3. The molecule has 0 saturated heterocycles. The molecule has 0 aliphatic carbocycles. The number of nitrogens with one attached hydrogen (secondary N) is 1. The molecule has 0 bridgehead atoms. The summed E-state index contributed by atoms with van der Waals surface area (Å²) in [6.45, 7) is 1.71. The van der Waals surface area contributed by atoms with Crippen LogP contribution in [-0.4, -0.2) is 31.3 Å². The third kappa shape index (κ3) is 4.71. The molecule has 1 heterocycles. The molecular formula is C20H18F3N3O4S. The quantitative estimate of drug-likeness (QED) is 0.569. The summed E-state index contributed by atoms with van der Waals surface area (Å²) in [6.07, 6.45) is -1.49. The molecule has 0 atom stereocenters. The maximum Gasteiger partial charge on any atom is 0.416 e. The maximum absolute atomic E-state index is 13.2. The number of aryl methyl sites for hydroxylation is 1. The first-order valence-electron chi connectivity index (χ1n) is 9.02. The van der Waals surface area contributed by atoms with Crippen LogP contribution in [0, 0.1) is 0 Å². The highest BCUT2D eigenvalue weighted by Gasteiger charge is 2.32. The van der Waals surface area contributed by atoms with Crippen LogP contribution in [0.3, 0.4) is 0 Å². The fourth-order valence-electron chi connectivity index (χ4n) is 2.95. The molecule has 2 aromatic carbocycles. The van der Waals surface area contributed by atoms with Crippen LogP contribution in [0.25, 0.3) is 5.69 Å². The maximum atomic E-state index is 13.2. The van der Waals surface area contributed by atoms with E-state index in [0.29, 0.717) is 18.1 Å². The normalized spacial score (nSPS) is 11.9. The van der Waals surface area contributed by atoms with E-state index in [-0.39, 0.29) is 21.8 Å². The Morgan fingerprint density at radius 2 is 1.94 bits per heavy atom. The molecule has 11 heteroatoms. The van der Waals surface area contributed by atoms with Crippen molar-refractivity contribution in [3.05, 3.63) is 71.5 Å². The Hall–Kier alpha value is -3.34. The van der Waals surface area contributed by atoms with Crippen LogP contribution in [0.5, 0.6) is 0 Å². The van der Waals surface area contributed by atoms with Crippen molar-refractivity contribution < 1.29 is 31.1 Å². The van der Waals surface area contributed by atoms with Crippen molar-refractivity contribution in [1.29, 1.82) is 0 Å². The molecular weight excluding hydrogens is 435 g/mol. The molecule has 0 saturated carbocycles. The average Bonchev–Trinajstić information content (AvgIpc) is 3.26. The highest BCUT2D eigenvalue weighted by molar-refractivity contribution is 7.92. The smallest absolute Gasteiger partial charge is 0.416 e. The zero-order valence-corrected chi connectivity index (χ0v) is 17.3. The molecule has 0 aliphatic heterocycles. The van der Waals surface area contributed by atoms with Crippen molar-refractivity contribution in [3.63, 3.8) is 0 Å². The summed E-state index contributed by atoms with van der Waals surface area (Å²) in [7, 11) is -3.21. The predicted molar refractivity (Wildman–Crippen MR) is 107 cm³/mol. The third-order valence-corrected chi connectivity index (χ3v) is 5.93. The fraction of sp³-hybridized carbons (Fsp3) is 0.200. The number of alkyl halides is 3. The Kier molecular flexibility index (Phi) is 6.07. The summed E-state index contributed by atoms with van der Waals surface area (Å²) in [4.78, 5) is 11.6. The SMILES string of the molecule is CCc1ccc(C(=O)OC)cc1S(=O)(=O)Nc1cc(C(F)(F)F)ccc1-n1cccn1. The number of carbonyl (C=O) groups is 1. The predicted octanol–water partition coefficient (Wildman–Crippen LogP) is 4.04. The number of benzene rings is 2. The monoisotopic (exact) mass is 453 g/mol. The van der Waals surface area contributed by atoms with Crippen molar-refractivity contribution in [2.75, 3.05) is 11.8 Å². The van der Waals surface area contributed by atoms with Gasteiger partial charge in [-0.2, -0.15) is 18.3 Å². The topological polar surface area (TPSA) is 90.3 Å². The van der Waals surface area contributed by atoms with Crippen molar-refractivity contribution in [2.24, 2.45) is 0 Å². The highest BCUT2D eigenvalue weighted by Crippen LogP contribution is 2.34. The van der Waals surface area contributed by atoms with Gasteiger partial charge in [0, 0.05) is 12.4 Å². The van der Waals surface area contributed by atoms with E-state index in [0.717, 1.165) is 25.3 Å². The molecule has 1 N–H and O–H groups in total. The van der Waals surface area contributed by atoms with Gasteiger partial charge in [-0.05, 0) is 48.4 Å². The minimum Gasteiger partial charge on any atom is -0.465 e. The van der Waals surface area contributed by atoms with Gasteiger partial charge in [0.1, 0.15) is 0 Å². The molecule has 0 aliphatic rings. The fourth-order valence-corrected chi connectivity index (χ4v) is 4.35. The lowest BCUT2D eigenvalue weighted by Gasteiger charge is -2.17. The van der Waals surface area contributed by atoms with Crippen LogP contribution < -0.4 is 4.72 Å². The minimum absolute atomic E-state index is 0.00332. The van der Waals surface area contributed by atoms with Gasteiger partial charge < -0.3 is 4.74 Å². The molecule has 7 nitrogen and oxygen atoms in total. The van der Waals surface area contributed by atoms with Gasteiger partial charge in [0.05, 0.1) is 34.5 Å². The van der Waals surface area contributed by atoms with Crippen molar-refractivity contribution in [3.8, 4) is 5.69 Å². The Bertz CT molecular complexity index is 1210. The van der Waals surface area contributed by atoms with Crippen LogP contribution in [-0.2, 0) is 27.4 Å². The number of rotatable bonds is 6. The summed E-state index contributed by atoms with van der Waals surface area (Å²) in [6, 6.07) is 8.22. The third-order valence-electron chi connectivity index (χ3n) is 4.48. The summed E-state index contributed by atoms with van der Waals surface area (Å²) >= 11 is 0. The van der Waals surface area contributed by atoms with Gasteiger partial charge >= 0.3 is 12.1 Å². The van der Waals surface area contributed by atoms with E-state index in [9.17, 15) is 26.4 Å². The molecule has 3 rings (SSSR count). The van der Waals surface area contributed by atoms with E-state index in [1.54, 1.807) is 13.0 Å². The van der Waals surface area contributed by atoms with E-state index in [1.165, 1.54) is 29.2 Å². The summed E-state index contributed by atoms with van der Waals surface area (Å²) in [5.74, 6) is -0.740. The Balaban J connectivity index is 2.14. The number of hydrogen-bond acceptors (Lipinski definition) is 5. The number of sulfonamides is 1. The van der Waals surface area contributed by atoms with Gasteiger partial charge in [0.25, 0.3) is 10.0 Å². The van der Waals surface area contributed by atoms with Gasteiger partial charge in [-0.1, -0.05) is 13.0 Å². The number of methoxy groups -OCH3 is 1. The lowest BCUT2D eigenvalue weighted by Crippen LogP contribution is -2.18. The number of ether oxygens (including phenoxy) is 1. The number of halogens is 3. The number of anilines is 1. The number of aromatic nitrogens is 2. The second kappa shape index (κ2) is 8.42. The van der Waals surface area contributed by atoms with Gasteiger partial charge in [0.15, 0.2) is 0 Å². The minimum atomic E-state index is -4.68. The van der Waals surface area contributed by atoms with Crippen LogP contribution in [0.15, 0.2) is 59.8 Å². The van der Waals surface area contributed by atoms with Crippen molar-refractivity contribution >= 4 is 21.7 Å². The van der Waals surface area contributed by atoms with Crippen molar-refractivity contribution in [1.82, 2.24) is 9.78 Å². The van der Waals surface area contributed by atoms with Crippen LogP contribution in [0.2, 0.25) is 0 Å². The summed E-state index contributed by atoms with van der Waals surface area (Å²) in [5.41, 5.74) is -0.864. The van der Waals surface area contributed by atoms with E-state index in [1.807, 2.05) is 0 Å². The molecule has 0 spiro atoms. The van der Waals surface area contributed by atoms with Crippen molar-refractivity contribution in [2.45, 2.75) is 24.4 Å². The molecule has 0 amide bonds. The molecule has 164 valence electrons. The summed E-state index contributed by atoms with van der Waals surface area (Å²) < 4.78 is 74.1. The Labute approximate surface area is 176 Å². The molecule has 31 heavy (non-hydrogen) atoms. The zero-order valence-electron chi connectivity index (χ0n) is 16.5. The molecule has 0 radical (unpaired) electrons. The van der Waals surface area contributed by atoms with Crippen LogP contribution >= 0.6 is 0 Å². The van der Waals surface area contributed by atoms with E-state index < -0.39 is 27.7 Å². The Morgan fingerprint density at radius 3 is 2.52 bits per heavy atom. The number of nitrogens with zero attached hydrogens (tertiary/aromatic N) is 2. The molecule has 1 aromatic heterocycles. The molecule has 3 aromatic rings. The van der Waals surface area contributed by atoms with Gasteiger partial charge in [0.2, 0.25) is 0 Å². The van der Waals surface area contributed by atoms with Crippen LogP contribution in [0.4, 0.5) is 18.9 Å². The van der Waals surface area contributed by atoms with E-state index >= 15 is 0 Å². The number of carbonyl (C=O) groups excluding carboxylic acids is 1. The van der Waals surface area contributed by atoms with Gasteiger partial charge in [-0.15, -0.1) is 0 Å². The lowest BCUT2D eigenvalue weighted by molar-refractivity contribution is -0.137. The van der Waals surface area contributed by atoms with E-state index in [2.05, 4.69) is 14.6 Å². The lowest BCUT2D eigenvalue weighted by atomic mass is 10.1. The van der Waals surface area contributed by atoms with Gasteiger partial charge in [-0.25, -0.2) is 17.9 Å². The van der Waals surface area contributed by atoms with Crippen LogP contribution in [0.1, 0.15) is 28.4 Å². The first kappa shape index (κ1) is 22.3. The summed E-state index contributed by atoms with van der Waals surface area (Å²) in [5, 5.41) is 3.96. The second-order valence-corrected chi connectivity index (χ2v) is 8.10. The zero-order chi connectivity index (χ0) is 22.8. The number of hydrogen-bond donors (Lipinski definition) is 1. The first-order valence-corrected chi connectivity index (χ1v) is 10.5. The molecule has 0 unspecified atom stereocenters. The highest BCUT2D eigenvalue weighted by atomic mass is 32.2. The van der Waals surface area contributed by atoms with E-state index in [4.69, 9.17) is 0 Å². The van der Waals surface area contributed by atoms with Gasteiger partial charge in [-0.3, -0.25) is 4.72 Å². The average molecular weight is 453 g/mol. The second-order valence-electron chi connectivity index (χ2n) is 6.45. The molecule has 0 fully saturated rings. The Morgan fingerprint density at radius 1 is 1.19 bits per heavy atom. The largest absolute Gasteiger partial charge is 0.465 e. The first-order chi connectivity index (χ1) is 14.6. The number of esters is 1.